The third-order valence-corrected chi connectivity index (χ3v) is 2.64. The number of nitrogens with one attached hydrogen (secondary N) is 1. The molecule has 104 valence electrons. The molecule has 2 rings (SSSR count). The van der Waals surface area contributed by atoms with Crippen molar-refractivity contribution in [1.29, 1.82) is 0 Å². The number of nitrogens with zero attached hydrogens (tertiary/aromatic N) is 3. The standard InChI is InChI=1S/C14H15FN4O/c1-19(2)14-16-8-7-12(18-14)9-17-13(20)10-3-5-11(15)6-4-10/h3-8H,9H2,1-2H3,(H,17,20). The topological polar surface area (TPSA) is 58.1 Å². The lowest BCUT2D eigenvalue weighted by Crippen LogP contribution is -2.24. The first-order chi connectivity index (χ1) is 9.56. The lowest BCUT2D eigenvalue weighted by atomic mass is 10.2. The molecule has 0 aliphatic carbocycles. The van der Waals surface area contributed by atoms with Gasteiger partial charge in [0.1, 0.15) is 5.82 Å². The van der Waals surface area contributed by atoms with Gasteiger partial charge in [-0.25, -0.2) is 14.4 Å². The molecule has 0 saturated heterocycles. The van der Waals surface area contributed by atoms with Gasteiger partial charge in [-0.2, -0.15) is 0 Å². The molecule has 0 atom stereocenters. The molecule has 1 heterocycles. The highest BCUT2D eigenvalue weighted by Crippen LogP contribution is 2.05. The number of carbonyl (C=O) groups excluding carboxylic acids is 1. The molecule has 0 fully saturated rings. The Morgan fingerprint density at radius 2 is 1.95 bits per heavy atom. The first-order valence-electron chi connectivity index (χ1n) is 6.09. The number of carbonyl (C=O) groups is 1. The summed E-state index contributed by atoms with van der Waals surface area (Å²) in [6, 6.07) is 7.12. The van der Waals surface area contributed by atoms with Crippen LogP contribution in [0.25, 0.3) is 0 Å². The zero-order chi connectivity index (χ0) is 14.5. The van der Waals surface area contributed by atoms with E-state index in [-0.39, 0.29) is 11.7 Å². The highest BCUT2D eigenvalue weighted by molar-refractivity contribution is 5.94. The van der Waals surface area contributed by atoms with Gasteiger partial charge in [-0.05, 0) is 30.3 Å². The number of anilines is 1. The molecule has 0 spiro atoms. The van der Waals surface area contributed by atoms with Gasteiger partial charge in [-0.1, -0.05) is 0 Å². The second-order valence-corrected chi connectivity index (χ2v) is 4.43. The Hall–Kier alpha value is -2.50. The molecule has 1 aromatic heterocycles. The van der Waals surface area contributed by atoms with Gasteiger partial charge in [0.05, 0.1) is 12.2 Å². The Morgan fingerprint density at radius 1 is 1.25 bits per heavy atom. The SMILES string of the molecule is CN(C)c1nccc(CNC(=O)c2ccc(F)cc2)n1. The summed E-state index contributed by atoms with van der Waals surface area (Å²) in [6.45, 7) is 0.291. The Labute approximate surface area is 116 Å². The van der Waals surface area contributed by atoms with E-state index in [0.717, 1.165) is 0 Å². The summed E-state index contributed by atoms with van der Waals surface area (Å²) in [5.74, 6) is -0.0541. The fourth-order valence-electron chi connectivity index (χ4n) is 1.57. The Kier molecular flexibility index (Phi) is 4.24. The number of amides is 1. The number of hydrogen-bond acceptors (Lipinski definition) is 4. The van der Waals surface area contributed by atoms with Crippen molar-refractivity contribution in [2.75, 3.05) is 19.0 Å². The Balaban J connectivity index is 1.99. The molecule has 6 heteroatoms. The monoisotopic (exact) mass is 274 g/mol. The van der Waals surface area contributed by atoms with Gasteiger partial charge >= 0.3 is 0 Å². The molecule has 0 radical (unpaired) electrons. The van der Waals surface area contributed by atoms with Crippen LogP contribution in [0.4, 0.5) is 10.3 Å². The predicted octanol–water partition coefficient (Wildman–Crippen LogP) is 1.61. The van der Waals surface area contributed by atoms with Crippen LogP contribution in [0.15, 0.2) is 36.5 Å². The van der Waals surface area contributed by atoms with Gasteiger partial charge < -0.3 is 10.2 Å². The van der Waals surface area contributed by atoms with Crippen molar-refractivity contribution in [2.45, 2.75) is 6.54 Å². The average molecular weight is 274 g/mol. The van der Waals surface area contributed by atoms with Crippen LogP contribution in [0.1, 0.15) is 16.1 Å². The van der Waals surface area contributed by atoms with Gasteiger partial charge in [-0.15, -0.1) is 0 Å². The van der Waals surface area contributed by atoms with Crippen molar-refractivity contribution >= 4 is 11.9 Å². The quantitative estimate of drug-likeness (QED) is 0.920. The van der Waals surface area contributed by atoms with E-state index in [1.165, 1.54) is 24.3 Å². The summed E-state index contributed by atoms with van der Waals surface area (Å²) in [4.78, 5) is 22.0. The van der Waals surface area contributed by atoms with Gasteiger partial charge in [-0.3, -0.25) is 4.79 Å². The van der Waals surface area contributed by atoms with Crippen LogP contribution in [0, 0.1) is 5.82 Å². The zero-order valence-corrected chi connectivity index (χ0v) is 11.3. The van der Waals surface area contributed by atoms with Crippen LogP contribution in [0.5, 0.6) is 0 Å². The van der Waals surface area contributed by atoms with E-state index < -0.39 is 0 Å². The van der Waals surface area contributed by atoms with E-state index in [0.29, 0.717) is 23.8 Å². The zero-order valence-electron chi connectivity index (χ0n) is 11.3. The van der Waals surface area contributed by atoms with Crippen molar-refractivity contribution in [1.82, 2.24) is 15.3 Å². The fourth-order valence-corrected chi connectivity index (χ4v) is 1.57. The first kappa shape index (κ1) is 13.9. The van der Waals surface area contributed by atoms with Crippen LogP contribution in [-0.4, -0.2) is 30.0 Å². The van der Waals surface area contributed by atoms with E-state index in [4.69, 9.17) is 0 Å². The van der Waals surface area contributed by atoms with Crippen molar-refractivity contribution in [3.63, 3.8) is 0 Å². The van der Waals surface area contributed by atoms with Crippen molar-refractivity contribution in [3.05, 3.63) is 53.6 Å². The minimum atomic E-state index is -0.368. The Bertz CT molecular complexity index is 598. The lowest BCUT2D eigenvalue weighted by Gasteiger charge is -2.11. The summed E-state index contributed by atoms with van der Waals surface area (Å²) in [5.41, 5.74) is 1.12. The molecule has 1 amide bonds. The third-order valence-electron chi connectivity index (χ3n) is 2.64. The van der Waals surface area contributed by atoms with Crippen molar-refractivity contribution in [3.8, 4) is 0 Å². The molecule has 0 aliphatic rings. The average Bonchev–Trinajstić information content (AvgIpc) is 2.46. The molecule has 0 bridgehead atoms. The smallest absolute Gasteiger partial charge is 0.251 e. The predicted molar refractivity (Wildman–Crippen MR) is 73.9 cm³/mol. The van der Waals surface area contributed by atoms with E-state index in [2.05, 4.69) is 15.3 Å². The van der Waals surface area contributed by atoms with E-state index in [9.17, 15) is 9.18 Å². The number of benzene rings is 1. The highest BCUT2D eigenvalue weighted by atomic mass is 19.1. The molecule has 1 N–H and O–H groups in total. The lowest BCUT2D eigenvalue weighted by molar-refractivity contribution is 0.0950. The van der Waals surface area contributed by atoms with Gasteiger partial charge in [0.2, 0.25) is 5.95 Å². The molecule has 0 saturated carbocycles. The molecule has 0 unspecified atom stereocenters. The van der Waals surface area contributed by atoms with Crippen LogP contribution < -0.4 is 10.2 Å². The number of aromatic nitrogens is 2. The van der Waals surface area contributed by atoms with Gasteiger partial charge in [0, 0.05) is 25.9 Å². The van der Waals surface area contributed by atoms with E-state index in [1.807, 2.05) is 14.1 Å². The molecular formula is C14H15FN4O. The molecule has 5 nitrogen and oxygen atoms in total. The number of halogens is 1. The van der Waals surface area contributed by atoms with Crippen LogP contribution in [0.2, 0.25) is 0 Å². The maximum Gasteiger partial charge on any atom is 0.251 e. The number of hydrogen-bond donors (Lipinski definition) is 1. The second kappa shape index (κ2) is 6.10. The highest BCUT2D eigenvalue weighted by Gasteiger charge is 2.06. The summed E-state index contributed by atoms with van der Waals surface area (Å²) < 4.78 is 12.8. The molecule has 2 aromatic rings. The number of rotatable bonds is 4. The van der Waals surface area contributed by atoms with Crippen LogP contribution in [0.3, 0.4) is 0 Å². The summed E-state index contributed by atoms with van der Waals surface area (Å²) in [7, 11) is 3.69. The van der Waals surface area contributed by atoms with Crippen LogP contribution >= 0.6 is 0 Å². The summed E-state index contributed by atoms with van der Waals surface area (Å²) in [6.07, 6.45) is 1.64. The first-order valence-corrected chi connectivity index (χ1v) is 6.09. The fraction of sp³-hybridized carbons (Fsp3) is 0.214. The minimum absolute atomic E-state index is 0.269. The largest absolute Gasteiger partial charge is 0.347 e. The third kappa shape index (κ3) is 3.50. The molecular weight excluding hydrogens is 259 g/mol. The maximum atomic E-state index is 12.8. The van der Waals surface area contributed by atoms with Gasteiger partial charge in [0.15, 0.2) is 0 Å². The maximum absolute atomic E-state index is 12.8. The molecule has 0 aliphatic heterocycles. The molecule has 1 aromatic carbocycles. The van der Waals surface area contributed by atoms with Crippen molar-refractivity contribution in [2.24, 2.45) is 0 Å². The normalized spacial score (nSPS) is 10.2. The second-order valence-electron chi connectivity index (χ2n) is 4.43. The summed E-state index contributed by atoms with van der Waals surface area (Å²) >= 11 is 0. The van der Waals surface area contributed by atoms with Gasteiger partial charge in [0.25, 0.3) is 5.91 Å². The molecule has 20 heavy (non-hydrogen) atoms. The van der Waals surface area contributed by atoms with Crippen molar-refractivity contribution < 1.29 is 9.18 Å². The Morgan fingerprint density at radius 3 is 2.60 bits per heavy atom. The van der Waals surface area contributed by atoms with Crippen LogP contribution in [-0.2, 0) is 6.54 Å². The summed E-state index contributed by atoms with van der Waals surface area (Å²) in [5, 5.41) is 2.73. The van der Waals surface area contributed by atoms with E-state index in [1.54, 1.807) is 17.2 Å². The van der Waals surface area contributed by atoms with E-state index >= 15 is 0 Å². The minimum Gasteiger partial charge on any atom is -0.347 e.